The summed E-state index contributed by atoms with van der Waals surface area (Å²) in [5.41, 5.74) is 1.20. The van der Waals surface area contributed by atoms with Crippen LogP contribution in [0.5, 0.6) is 5.75 Å². The molecule has 0 spiro atoms. The molecule has 0 radical (unpaired) electrons. The predicted molar refractivity (Wildman–Crippen MR) is 89.8 cm³/mol. The Balaban J connectivity index is 1.67. The van der Waals surface area contributed by atoms with Gasteiger partial charge in [-0.25, -0.2) is 0 Å². The Kier molecular flexibility index (Phi) is 4.46. The maximum atomic E-state index is 12.2. The van der Waals surface area contributed by atoms with Gasteiger partial charge in [0.1, 0.15) is 12.4 Å². The number of nitrogens with zero attached hydrogens (tertiary/aromatic N) is 3. The van der Waals surface area contributed by atoms with Gasteiger partial charge in [-0.2, -0.15) is 0 Å². The number of fused-ring (bicyclic) bond motifs is 1. The average Bonchev–Trinajstić information content (AvgIpc) is 3.07. The molecule has 1 amide bonds. The highest BCUT2D eigenvalue weighted by atomic mass is 16.5. The van der Waals surface area contributed by atoms with Crippen LogP contribution in [0, 0.1) is 0 Å². The Morgan fingerprint density at radius 1 is 1.29 bits per heavy atom. The number of ether oxygens (including phenoxy) is 1. The molecule has 0 N–H and O–H groups in total. The van der Waals surface area contributed by atoms with Crippen LogP contribution in [0.4, 0.5) is 0 Å². The van der Waals surface area contributed by atoms with Gasteiger partial charge in [0.2, 0.25) is 0 Å². The maximum Gasteiger partial charge on any atom is 0.276 e. The van der Waals surface area contributed by atoms with E-state index in [4.69, 9.17) is 9.26 Å². The quantitative estimate of drug-likeness (QED) is 0.720. The Hall–Kier alpha value is -2.89. The molecule has 0 atom stereocenters. The number of hydrogen-bond acceptors (Lipinski definition) is 5. The van der Waals surface area contributed by atoms with E-state index >= 15 is 0 Å². The maximum absolute atomic E-state index is 12.2. The standard InChI is InChI=1S/C18H19N3O3/c1-12(2)21(3)18(22)17-10-15(24-20-17)11-23-14-6-7-16-13(9-14)5-4-8-19-16/h4-10,12H,11H2,1-3H3. The number of pyridine rings is 1. The summed E-state index contributed by atoms with van der Waals surface area (Å²) in [6.07, 6.45) is 1.75. The number of benzene rings is 1. The van der Waals surface area contributed by atoms with Crippen molar-refractivity contribution in [1.29, 1.82) is 0 Å². The molecule has 6 nitrogen and oxygen atoms in total. The largest absolute Gasteiger partial charge is 0.486 e. The second kappa shape index (κ2) is 6.70. The van der Waals surface area contributed by atoms with Gasteiger partial charge >= 0.3 is 0 Å². The zero-order valence-corrected chi connectivity index (χ0v) is 13.9. The SMILES string of the molecule is CC(C)N(C)C(=O)c1cc(COc2ccc3ncccc3c2)on1. The molecule has 2 aromatic heterocycles. The van der Waals surface area contributed by atoms with Crippen LogP contribution in [0.3, 0.4) is 0 Å². The van der Waals surface area contributed by atoms with Crippen LogP contribution < -0.4 is 4.74 Å². The first-order valence-electron chi connectivity index (χ1n) is 7.75. The number of hydrogen-bond donors (Lipinski definition) is 0. The van der Waals surface area contributed by atoms with Gasteiger partial charge in [-0.3, -0.25) is 9.78 Å². The smallest absolute Gasteiger partial charge is 0.276 e. The van der Waals surface area contributed by atoms with Gasteiger partial charge in [0.15, 0.2) is 11.5 Å². The topological polar surface area (TPSA) is 68.5 Å². The number of carbonyl (C=O) groups is 1. The molecule has 0 unspecified atom stereocenters. The molecular weight excluding hydrogens is 306 g/mol. The Morgan fingerprint density at radius 2 is 2.12 bits per heavy atom. The summed E-state index contributed by atoms with van der Waals surface area (Å²) in [5.74, 6) is 1.04. The van der Waals surface area contributed by atoms with Crippen molar-refractivity contribution in [1.82, 2.24) is 15.0 Å². The molecule has 0 saturated heterocycles. The number of rotatable bonds is 5. The lowest BCUT2D eigenvalue weighted by atomic mass is 10.2. The lowest BCUT2D eigenvalue weighted by Gasteiger charge is -2.19. The number of amides is 1. The van der Waals surface area contributed by atoms with E-state index < -0.39 is 0 Å². The Bertz CT molecular complexity index is 857. The van der Waals surface area contributed by atoms with Crippen molar-refractivity contribution in [2.45, 2.75) is 26.5 Å². The zero-order chi connectivity index (χ0) is 17.1. The molecule has 0 saturated carbocycles. The molecule has 1 aromatic carbocycles. The first-order valence-corrected chi connectivity index (χ1v) is 7.75. The highest BCUT2D eigenvalue weighted by Crippen LogP contribution is 2.20. The fourth-order valence-corrected chi connectivity index (χ4v) is 2.19. The Morgan fingerprint density at radius 3 is 2.92 bits per heavy atom. The van der Waals surface area contributed by atoms with Crippen LogP contribution in [0.25, 0.3) is 10.9 Å². The number of carbonyl (C=O) groups excluding carboxylic acids is 1. The summed E-state index contributed by atoms with van der Waals surface area (Å²) in [6.45, 7) is 4.09. The van der Waals surface area contributed by atoms with Crippen molar-refractivity contribution in [2.75, 3.05) is 7.05 Å². The molecule has 0 bridgehead atoms. The van der Waals surface area contributed by atoms with E-state index in [0.29, 0.717) is 11.5 Å². The van der Waals surface area contributed by atoms with E-state index in [9.17, 15) is 4.79 Å². The highest BCUT2D eigenvalue weighted by molar-refractivity contribution is 5.92. The number of aromatic nitrogens is 2. The molecule has 6 heteroatoms. The molecule has 24 heavy (non-hydrogen) atoms. The summed E-state index contributed by atoms with van der Waals surface area (Å²) < 4.78 is 10.9. The molecular formula is C18H19N3O3. The van der Waals surface area contributed by atoms with Crippen LogP contribution in [0.1, 0.15) is 30.1 Å². The van der Waals surface area contributed by atoms with E-state index in [-0.39, 0.29) is 24.2 Å². The van der Waals surface area contributed by atoms with Gasteiger partial charge < -0.3 is 14.2 Å². The summed E-state index contributed by atoms with van der Waals surface area (Å²) in [4.78, 5) is 18.1. The van der Waals surface area contributed by atoms with Gasteiger partial charge in [-0.15, -0.1) is 0 Å². The van der Waals surface area contributed by atoms with Gasteiger partial charge in [0.25, 0.3) is 5.91 Å². The van der Waals surface area contributed by atoms with E-state index in [2.05, 4.69) is 10.1 Å². The molecule has 0 fully saturated rings. The van der Waals surface area contributed by atoms with E-state index in [1.807, 2.05) is 44.2 Å². The normalized spacial score (nSPS) is 11.0. The monoisotopic (exact) mass is 325 g/mol. The fraction of sp³-hybridized carbons (Fsp3) is 0.278. The van der Waals surface area contributed by atoms with E-state index in [1.165, 1.54) is 0 Å². The molecule has 0 aliphatic carbocycles. The van der Waals surface area contributed by atoms with E-state index in [0.717, 1.165) is 10.9 Å². The predicted octanol–water partition coefficient (Wildman–Crippen LogP) is 3.28. The molecule has 0 aliphatic rings. The molecule has 0 aliphatic heterocycles. The van der Waals surface area contributed by atoms with Crippen molar-refractivity contribution in [2.24, 2.45) is 0 Å². The van der Waals surface area contributed by atoms with Gasteiger partial charge in [-0.05, 0) is 38.1 Å². The molecule has 3 rings (SSSR count). The third-order valence-electron chi connectivity index (χ3n) is 3.83. The molecule has 3 aromatic rings. The van der Waals surface area contributed by atoms with Crippen molar-refractivity contribution >= 4 is 16.8 Å². The third-order valence-corrected chi connectivity index (χ3v) is 3.83. The van der Waals surface area contributed by atoms with Crippen molar-refractivity contribution in [3.8, 4) is 5.75 Å². The third kappa shape index (κ3) is 3.37. The minimum atomic E-state index is -0.170. The summed E-state index contributed by atoms with van der Waals surface area (Å²) in [7, 11) is 1.74. The van der Waals surface area contributed by atoms with Crippen LogP contribution in [0.2, 0.25) is 0 Å². The zero-order valence-electron chi connectivity index (χ0n) is 13.9. The van der Waals surface area contributed by atoms with Crippen molar-refractivity contribution in [3.63, 3.8) is 0 Å². The minimum absolute atomic E-state index is 0.0973. The highest BCUT2D eigenvalue weighted by Gasteiger charge is 2.19. The second-order valence-electron chi connectivity index (χ2n) is 5.83. The average molecular weight is 325 g/mol. The van der Waals surface area contributed by atoms with Crippen molar-refractivity contribution in [3.05, 3.63) is 54.0 Å². The fourth-order valence-electron chi connectivity index (χ4n) is 2.19. The lowest BCUT2D eigenvalue weighted by Crippen LogP contribution is -2.33. The van der Waals surface area contributed by atoms with E-state index in [1.54, 1.807) is 24.2 Å². The van der Waals surface area contributed by atoms with Gasteiger partial charge in [0, 0.05) is 30.7 Å². The van der Waals surface area contributed by atoms with Crippen LogP contribution in [-0.2, 0) is 6.61 Å². The van der Waals surface area contributed by atoms with Crippen molar-refractivity contribution < 1.29 is 14.1 Å². The first-order chi connectivity index (χ1) is 11.5. The second-order valence-corrected chi connectivity index (χ2v) is 5.83. The lowest BCUT2D eigenvalue weighted by molar-refractivity contribution is 0.0744. The van der Waals surface area contributed by atoms with Crippen LogP contribution >= 0.6 is 0 Å². The first kappa shape index (κ1) is 16.0. The Labute approximate surface area is 140 Å². The van der Waals surface area contributed by atoms with Gasteiger partial charge in [-0.1, -0.05) is 11.2 Å². The summed E-state index contributed by atoms with van der Waals surface area (Å²) in [6, 6.07) is 11.2. The van der Waals surface area contributed by atoms with Crippen LogP contribution in [0.15, 0.2) is 47.1 Å². The molecule has 124 valence electrons. The van der Waals surface area contributed by atoms with Crippen LogP contribution in [-0.4, -0.2) is 34.0 Å². The minimum Gasteiger partial charge on any atom is -0.486 e. The van der Waals surface area contributed by atoms with Gasteiger partial charge in [0.05, 0.1) is 5.52 Å². The molecule has 2 heterocycles. The summed E-state index contributed by atoms with van der Waals surface area (Å²) in [5, 5.41) is 4.83. The summed E-state index contributed by atoms with van der Waals surface area (Å²) >= 11 is 0.